The van der Waals surface area contributed by atoms with Crippen molar-refractivity contribution in [2.75, 3.05) is 13.2 Å². The lowest BCUT2D eigenvalue weighted by Gasteiger charge is -2.59. The summed E-state index contributed by atoms with van der Waals surface area (Å²) in [6, 6.07) is 8.08. The number of aliphatic hydroxyl groups excluding tert-OH is 1. The van der Waals surface area contributed by atoms with Gasteiger partial charge in [0, 0.05) is 49.1 Å². The van der Waals surface area contributed by atoms with Crippen molar-refractivity contribution in [3.63, 3.8) is 0 Å². The number of nitrogens with zero attached hydrogens (tertiary/aromatic N) is 6. The smallest absolute Gasteiger partial charge is 0.412 e. The van der Waals surface area contributed by atoms with Gasteiger partial charge in [-0.05, 0) is 68.0 Å². The summed E-state index contributed by atoms with van der Waals surface area (Å²) in [6.45, 7) is 5.06. The highest BCUT2D eigenvalue weighted by molar-refractivity contribution is 6.34. The summed E-state index contributed by atoms with van der Waals surface area (Å²) in [5.74, 6) is 6.72. The lowest BCUT2D eigenvalue weighted by molar-refractivity contribution is -0.0140. The number of hydrogen-bond donors (Lipinski definition) is 2. The molecule has 2 bridgehead atoms. The number of hydrogen-bond acceptors (Lipinski definition) is 9. The first kappa shape index (κ1) is 32.9. The minimum atomic E-state index is -1.71. The fraction of sp³-hybridized carbons (Fsp3) is 0.500. The monoisotopic (exact) mass is 621 g/mol. The summed E-state index contributed by atoms with van der Waals surface area (Å²) in [4.78, 5) is 37.9. The largest absolute Gasteiger partial charge is 0.449 e. The van der Waals surface area contributed by atoms with Gasteiger partial charge in [0.25, 0.3) is 5.56 Å². The van der Waals surface area contributed by atoms with Crippen LogP contribution < -0.4 is 11.4 Å². The predicted molar refractivity (Wildman–Crippen MR) is 173 cm³/mol. The minimum Gasteiger partial charge on any atom is -0.449 e. The quantitative estimate of drug-likeness (QED) is 0.139. The number of ether oxygens (including phenoxy) is 1. The van der Waals surface area contributed by atoms with Gasteiger partial charge >= 0.3 is 6.09 Å². The third-order valence-electron chi connectivity index (χ3n) is 8.50. The number of aliphatic imine (C=N–C) groups is 2. The van der Waals surface area contributed by atoms with Gasteiger partial charge in [-0.2, -0.15) is 10.4 Å². The molecule has 3 fully saturated rings. The van der Waals surface area contributed by atoms with Crippen LogP contribution in [0.5, 0.6) is 0 Å². The molecule has 11 nitrogen and oxygen atoms in total. The van der Waals surface area contributed by atoms with Crippen molar-refractivity contribution in [3.8, 4) is 6.07 Å². The SMILES string of the molecule is CC/C(Cl)=C(\CC)N=CC(C)(C#N)N(C(=O)OCCCO)[C@H](C(C=NC12CC(C1)C2)=NN)c1cccc2c(=O)n(C)ccc12. The summed E-state index contributed by atoms with van der Waals surface area (Å²) < 4.78 is 7.07. The van der Waals surface area contributed by atoms with Crippen LogP contribution in [0.25, 0.3) is 10.8 Å². The number of hydrazone groups is 1. The van der Waals surface area contributed by atoms with Crippen LogP contribution in [0.2, 0.25) is 0 Å². The lowest BCUT2D eigenvalue weighted by atomic mass is 9.50. The number of fused-ring (bicyclic) bond motifs is 1. The van der Waals surface area contributed by atoms with Crippen molar-refractivity contribution in [2.45, 2.75) is 76.4 Å². The van der Waals surface area contributed by atoms with E-state index in [-0.39, 0.29) is 36.4 Å². The van der Waals surface area contributed by atoms with E-state index in [1.807, 2.05) is 13.8 Å². The Morgan fingerprint density at radius 2 is 2.05 bits per heavy atom. The number of allylic oxidation sites excluding steroid dienone is 2. The van der Waals surface area contributed by atoms with Crippen molar-refractivity contribution >= 4 is 46.6 Å². The molecular formula is C32H40ClN7O4. The number of nitrogens with two attached hydrogens (primary N) is 1. The first-order chi connectivity index (χ1) is 21.1. The molecule has 0 radical (unpaired) electrons. The molecule has 1 amide bonds. The maximum atomic E-state index is 14.1. The fourth-order valence-corrected chi connectivity index (χ4v) is 5.98. The topological polar surface area (TPSA) is 159 Å². The molecule has 1 unspecified atom stereocenters. The Kier molecular flexibility index (Phi) is 10.3. The zero-order valence-electron chi connectivity index (χ0n) is 25.7. The van der Waals surface area contributed by atoms with Gasteiger partial charge < -0.3 is 20.3 Å². The molecular weight excluding hydrogens is 582 g/mol. The molecule has 5 rings (SSSR count). The van der Waals surface area contributed by atoms with E-state index in [4.69, 9.17) is 27.2 Å². The van der Waals surface area contributed by atoms with Crippen LogP contribution in [0, 0.1) is 17.2 Å². The number of amides is 1. The van der Waals surface area contributed by atoms with Gasteiger partial charge in [-0.15, -0.1) is 0 Å². The third kappa shape index (κ3) is 6.42. The van der Waals surface area contributed by atoms with Gasteiger partial charge in [0.1, 0.15) is 11.8 Å². The van der Waals surface area contributed by atoms with E-state index in [2.05, 4.69) is 16.2 Å². The average Bonchev–Trinajstić information content (AvgIpc) is 2.98. The van der Waals surface area contributed by atoms with Crippen LogP contribution in [-0.4, -0.2) is 63.1 Å². The van der Waals surface area contributed by atoms with E-state index in [1.54, 1.807) is 50.6 Å². The van der Waals surface area contributed by atoms with Crippen molar-refractivity contribution < 1.29 is 14.6 Å². The zero-order valence-corrected chi connectivity index (χ0v) is 26.4. The highest BCUT2D eigenvalue weighted by Crippen LogP contribution is 2.59. The first-order valence-electron chi connectivity index (χ1n) is 14.9. The summed E-state index contributed by atoms with van der Waals surface area (Å²) in [7, 11) is 1.66. The van der Waals surface area contributed by atoms with E-state index in [1.165, 1.54) is 15.7 Å². The molecule has 0 spiro atoms. The standard InChI is InChI=1S/C32H40ClN7O4/c1-5-25(33)26(6-2)36-20-31(3,19-34)40(30(43)44-14-8-13-41)28(27(38-35)18-37-32-15-21(16-32)17-32)23-9-7-10-24-22(23)11-12-39(4)29(24)42/h7,9-12,18,20-21,28,41H,5-6,8,13-17,35H2,1-4H3/b26-25-,36-20?,37-18?,38-27?/t21?,28-,31?,32?/m0/s1. The van der Waals surface area contributed by atoms with E-state index >= 15 is 0 Å². The second-order valence-corrected chi connectivity index (χ2v) is 12.1. The molecule has 44 heavy (non-hydrogen) atoms. The van der Waals surface area contributed by atoms with Crippen molar-refractivity contribution in [3.05, 3.63) is 57.1 Å². The Hall–Kier alpha value is -4.01. The maximum absolute atomic E-state index is 14.1. The number of aliphatic hydroxyl groups is 1. The molecule has 0 aliphatic heterocycles. The van der Waals surface area contributed by atoms with E-state index in [9.17, 15) is 20.0 Å². The van der Waals surface area contributed by atoms with E-state index < -0.39 is 17.7 Å². The van der Waals surface area contributed by atoms with Gasteiger partial charge in [0.05, 0.1) is 23.9 Å². The average molecular weight is 622 g/mol. The summed E-state index contributed by atoms with van der Waals surface area (Å²) in [6.07, 6.45) is 7.94. The molecule has 3 N–H and O–H groups in total. The number of nitriles is 1. The highest BCUT2D eigenvalue weighted by Gasteiger charge is 2.56. The fourth-order valence-electron chi connectivity index (χ4n) is 5.80. The Bertz CT molecular complexity index is 1610. The summed E-state index contributed by atoms with van der Waals surface area (Å²) in [5, 5.41) is 25.6. The molecule has 1 aromatic heterocycles. The number of carbonyl (C=O) groups excluding carboxylic acids is 1. The van der Waals surface area contributed by atoms with Crippen LogP contribution in [0.15, 0.2) is 61.1 Å². The molecule has 3 aliphatic rings. The zero-order chi connectivity index (χ0) is 32.1. The highest BCUT2D eigenvalue weighted by atomic mass is 35.5. The number of pyridine rings is 1. The molecule has 1 aromatic carbocycles. The predicted octanol–water partition coefficient (Wildman–Crippen LogP) is 4.96. The number of carbonyl (C=O) groups is 1. The van der Waals surface area contributed by atoms with E-state index in [0.29, 0.717) is 45.8 Å². The van der Waals surface area contributed by atoms with Gasteiger partial charge in [-0.1, -0.05) is 37.6 Å². The second-order valence-electron chi connectivity index (χ2n) is 11.6. The number of halogens is 1. The molecule has 0 saturated heterocycles. The van der Waals surface area contributed by atoms with Crippen LogP contribution in [0.3, 0.4) is 0 Å². The van der Waals surface area contributed by atoms with E-state index in [0.717, 1.165) is 19.3 Å². The van der Waals surface area contributed by atoms with Crippen molar-refractivity contribution in [1.29, 1.82) is 5.26 Å². The Labute approximate surface area is 262 Å². The number of aryl methyl sites for hydroxylation is 1. The Balaban J connectivity index is 1.97. The molecule has 12 heteroatoms. The molecule has 2 aromatic rings. The number of rotatable bonds is 13. The second kappa shape index (κ2) is 13.7. The normalized spacial score (nSPS) is 22.1. The van der Waals surface area contributed by atoms with Gasteiger partial charge in [0.2, 0.25) is 0 Å². The number of aromatic nitrogens is 1. The van der Waals surface area contributed by atoms with Crippen molar-refractivity contribution in [2.24, 2.45) is 33.9 Å². The molecule has 3 saturated carbocycles. The van der Waals surface area contributed by atoms with Gasteiger partial charge in [0.15, 0.2) is 5.54 Å². The Morgan fingerprint density at radius 3 is 2.61 bits per heavy atom. The molecule has 2 atom stereocenters. The molecule has 3 aliphatic carbocycles. The van der Waals surface area contributed by atoms with Gasteiger partial charge in [-0.25, -0.2) is 4.79 Å². The molecule has 1 heterocycles. The number of benzene rings is 1. The van der Waals surface area contributed by atoms with Crippen LogP contribution in [0.1, 0.15) is 70.9 Å². The lowest BCUT2D eigenvalue weighted by Crippen LogP contribution is -2.57. The first-order valence-corrected chi connectivity index (χ1v) is 15.3. The third-order valence-corrected chi connectivity index (χ3v) is 8.98. The Morgan fingerprint density at radius 1 is 1.32 bits per heavy atom. The maximum Gasteiger partial charge on any atom is 0.412 e. The van der Waals surface area contributed by atoms with Crippen LogP contribution >= 0.6 is 11.6 Å². The van der Waals surface area contributed by atoms with Gasteiger partial charge in [-0.3, -0.25) is 19.7 Å². The summed E-state index contributed by atoms with van der Waals surface area (Å²) in [5.41, 5.74) is -0.828. The van der Waals surface area contributed by atoms with Crippen molar-refractivity contribution in [1.82, 2.24) is 9.47 Å². The minimum absolute atomic E-state index is 0.0945. The molecule has 234 valence electrons. The van der Waals surface area contributed by atoms with Crippen LogP contribution in [0.4, 0.5) is 4.79 Å². The van der Waals surface area contributed by atoms with Crippen LogP contribution in [-0.2, 0) is 11.8 Å². The summed E-state index contributed by atoms with van der Waals surface area (Å²) >= 11 is 6.43.